The van der Waals surface area contributed by atoms with E-state index in [0.29, 0.717) is 29.4 Å². The van der Waals surface area contributed by atoms with Crippen molar-refractivity contribution in [2.24, 2.45) is 0 Å². The molecule has 6 heteroatoms. The lowest BCUT2D eigenvalue weighted by atomic mass is 9.78. The Morgan fingerprint density at radius 1 is 0.917 bits per heavy atom. The zero-order valence-electron chi connectivity index (χ0n) is 13.0. The van der Waals surface area contributed by atoms with Crippen molar-refractivity contribution in [3.8, 4) is 34.1 Å². The number of benzene rings is 2. The minimum Gasteiger partial charge on any atom is -0.469 e. The van der Waals surface area contributed by atoms with Crippen molar-refractivity contribution in [3.05, 3.63) is 35.4 Å². The Labute approximate surface area is 137 Å². The van der Waals surface area contributed by atoms with Gasteiger partial charge in [0.1, 0.15) is 0 Å². The zero-order chi connectivity index (χ0) is 16.3. The second kappa shape index (κ2) is 4.80. The van der Waals surface area contributed by atoms with Crippen LogP contribution in [0.5, 0.6) is 23.0 Å². The molecule has 0 N–H and O–H groups in total. The van der Waals surface area contributed by atoms with Crippen molar-refractivity contribution in [3.63, 3.8) is 0 Å². The van der Waals surface area contributed by atoms with Gasteiger partial charge in [0.25, 0.3) is 0 Å². The molecule has 0 amide bonds. The van der Waals surface area contributed by atoms with Gasteiger partial charge < -0.3 is 23.7 Å². The molecule has 0 bridgehead atoms. The molecule has 0 spiro atoms. The van der Waals surface area contributed by atoms with Crippen LogP contribution in [0.15, 0.2) is 24.3 Å². The molecule has 2 aliphatic heterocycles. The fraction of sp³-hybridized carbons (Fsp3) is 0.278. The first-order chi connectivity index (χ1) is 11.7. The minimum absolute atomic E-state index is 0.190. The third-order valence-corrected chi connectivity index (χ3v) is 4.72. The van der Waals surface area contributed by atoms with Crippen LogP contribution >= 0.6 is 0 Å². The largest absolute Gasteiger partial charge is 0.469 e. The smallest absolute Gasteiger partial charge is 0.313 e. The number of methoxy groups -OCH3 is 1. The molecule has 122 valence electrons. The Bertz CT molecular complexity index is 872. The Hall–Kier alpha value is -2.89. The Morgan fingerprint density at radius 2 is 1.50 bits per heavy atom. The Kier molecular flexibility index (Phi) is 2.71. The van der Waals surface area contributed by atoms with Crippen LogP contribution in [0.25, 0.3) is 11.1 Å². The predicted octanol–water partition coefficient (Wildman–Crippen LogP) is 2.62. The van der Waals surface area contributed by atoms with Crippen LogP contribution in [-0.2, 0) is 16.0 Å². The van der Waals surface area contributed by atoms with Gasteiger partial charge in [0.15, 0.2) is 23.0 Å². The van der Waals surface area contributed by atoms with Gasteiger partial charge >= 0.3 is 5.97 Å². The van der Waals surface area contributed by atoms with E-state index in [9.17, 15) is 4.79 Å². The van der Waals surface area contributed by atoms with Crippen LogP contribution in [0.1, 0.15) is 17.0 Å². The zero-order valence-corrected chi connectivity index (χ0v) is 13.0. The summed E-state index contributed by atoms with van der Waals surface area (Å²) >= 11 is 0. The summed E-state index contributed by atoms with van der Waals surface area (Å²) in [6.45, 7) is 0.405. The molecule has 24 heavy (non-hydrogen) atoms. The molecule has 0 radical (unpaired) electrons. The Morgan fingerprint density at radius 3 is 2.17 bits per heavy atom. The van der Waals surface area contributed by atoms with Crippen molar-refractivity contribution in [1.82, 2.24) is 0 Å². The lowest BCUT2D eigenvalue weighted by molar-refractivity contribution is -0.142. The number of hydrogen-bond donors (Lipinski definition) is 0. The van der Waals surface area contributed by atoms with Crippen LogP contribution in [0.3, 0.4) is 0 Å². The van der Waals surface area contributed by atoms with E-state index in [1.807, 2.05) is 24.3 Å². The number of carbonyl (C=O) groups excluding carboxylic acids is 1. The molecule has 1 aliphatic carbocycles. The van der Waals surface area contributed by atoms with Crippen LogP contribution < -0.4 is 18.9 Å². The molecule has 5 rings (SSSR count). The molecule has 6 nitrogen and oxygen atoms in total. The van der Waals surface area contributed by atoms with E-state index in [1.54, 1.807) is 0 Å². The maximum absolute atomic E-state index is 12.3. The summed E-state index contributed by atoms with van der Waals surface area (Å²) in [5, 5.41) is 0. The van der Waals surface area contributed by atoms with Crippen molar-refractivity contribution in [1.29, 1.82) is 0 Å². The van der Waals surface area contributed by atoms with Crippen molar-refractivity contribution in [2.45, 2.75) is 12.3 Å². The third kappa shape index (κ3) is 1.79. The quantitative estimate of drug-likeness (QED) is 0.751. The van der Waals surface area contributed by atoms with Gasteiger partial charge in [0.05, 0.1) is 13.0 Å². The summed E-state index contributed by atoms with van der Waals surface area (Å²) in [5.41, 5.74) is 3.88. The fourth-order valence-electron chi connectivity index (χ4n) is 3.57. The molecule has 2 aromatic rings. The highest BCUT2D eigenvalue weighted by atomic mass is 16.7. The second-order valence-electron chi connectivity index (χ2n) is 5.94. The standard InChI is InChI=1S/C18H14O6/c1-20-18(19)13-2-9-3-14-15(22-7-21-14)4-10(9)11-5-16-17(6-12(11)13)24-8-23-16/h3-6,13H,2,7-8H2,1H3. The molecule has 2 heterocycles. The first-order valence-electron chi connectivity index (χ1n) is 7.69. The van der Waals surface area contributed by atoms with Gasteiger partial charge in [-0.25, -0.2) is 0 Å². The second-order valence-corrected chi connectivity index (χ2v) is 5.94. The number of fused-ring (bicyclic) bond motifs is 5. The summed E-state index contributed by atoms with van der Waals surface area (Å²) in [5.74, 6) is 2.12. The highest BCUT2D eigenvalue weighted by Crippen LogP contribution is 2.49. The van der Waals surface area contributed by atoms with Crippen molar-refractivity contribution >= 4 is 5.97 Å². The molecule has 0 aromatic heterocycles. The molecule has 1 unspecified atom stereocenters. The monoisotopic (exact) mass is 326 g/mol. The average Bonchev–Trinajstić information content (AvgIpc) is 3.24. The van der Waals surface area contributed by atoms with E-state index < -0.39 is 0 Å². The highest BCUT2D eigenvalue weighted by molar-refractivity contribution is 5.88. The maximum atomic E-state index is 12.3. The molecule has 0 saturated carbocycles. The number of rotatable bonds is 1. The first kappa shape index (κ1) is 13.5. The number of carbonyl (C=O) groups is 1. The SMILES string of the molecule is COC(=O)C1Cc2cc3c(cc2-c2cc4c(cc21)OCO4)OCO3. The fourth-order valence-corrected chi connectivity index (χ4v) is 3.57. The van der Waals surface area contributed by atoms with Crippen LogP contribution in [-0.4, -0.2) is 26.7 Å². The molecule has 2 aromatic carbocycles. The molecule has 0 saturated heterocycles. The van der Waals surface area contributed by atoms with E-state index >= 15 is 0 Å². The van der Waals surface area contributed by atoms with Gasteiger partial charge in [0, 0.05) is 0 Å². The van der Waals surface area contributed by atoms with Crippen molar-refractivity contribution in [2.75, 3.05) is 20.7 Å². The highest BCUT2D eigenvalue weighted by Gasteiger charge is 2.34. The normalized spacial score (nSPS) is 18.8. The summed E-state index contributed by atoms with van der Waals surface area (Å²) < 4.78 is 26.9. The first-order valence-corrected chi connectivity index (χ1v) is 7.69. The van der Waals surface area contributed by atoms with Gasteiger partial charge in [-0.3, -0.25) is 4.79 Å². The summed E-state index contributed by atoms with van der Waals surface area (Å²) in [4.78, 5) is 12.3. The Balaban J connectivity index is 1.75. The number of ether oxygens (including phenoxy) is 5. The molecular formula is C18H14O6. The third-order valence-electron chi connectivity index (χ3n) is 4.72. The topological polar surface area (TPSA) is 63.2 Å². The van der Waals surface area contributed by atoms with E-state index in [-0.39, 0.29) is 25.5 Å². The number of hydrogen-bond acceptors (Lipinski definition) is 6. The molecule has 3 aliphatic rings. The average molecular weight is 326 g/mol. The van der Waals surface area contributed by atoms with E-state index in [1.165, 1.54) is 7.11 Å². The summed E-state index contributed by atoms with van der Waals surface area (Å²) in [6.07, 6.45) is 0.547. The van der Waals surface area contributed by atoms with E-state index in [4.69, 9.17) is 23.7 Å². The lowest BCUT2D eigenvalue weighted by Crippen LogP contribution is -2.21. The van der Waals surface area contributed by atoms with Gasteiger partial charge in [-0.2, -0.15) is 0 Å². The summed E-state index contributed by atoms with van der Waals surface area (Å²) in [7, 11) is 1.41. The maximum Gasteiger partial charge on any atom is 0.313 e. The number of esters is 1. The predicted molar refractivity (Wildman–Crippen MR) is 82.6 cm³/mol. The van der Waals surface area contributed by atoms with Crippen LogP contribution in [0.4, 0.5) is 0 Å². The molecule has 0 fully saturated rings. The van der Waals surface area contributed by atoms with Gasteiger partial charge in [-0.15, -0.1) is 0 Å². The minimum atomic E-state index is -0.382. The summed E-state index contributed by atoms with van der Waals surface area (Å²) in [6, 6.07) is 7.72. The van der Waals surface area contributed by atoms with Gasteiger partial charge in [-0.05, 0) is 52.9 Å². The molecule has 1 atom stereocenters. The van der Waals surface area contributed by atoms with Gasteiger partial charge in [0.2, 0.25) is 13.6 Å². The lowest BCUT2D eigenvalue weighted by Gasteiger charge is -2.26. The van der Waals surface area contributed by atoms with Gasteiger partial charge in [-0.1, -0.05) is 0 Å². The molecular weight excluding hydrogens is 312 g/mol. The van der Waals surface area contributed by atoms with E-state index in [2.05, 4.69) is 0 Å². The van der Waals surface area contributed by atoms with Crippen molar-refractivity contribution < 1.29 is 28.5 Å². The van der Waals surface area contributed by atoms with E-state index in [0.717, 1.165) is 22.3 Å². The van der Waals surface area contributed by atoms with Crippen LogP contribution in [0.2, 0.25) is 0 Å². The van der Waals surface area contributed by atoms with Crippen LogP contribution in [0, 0.1) is 0 Å².